The Hall–Kier alpha value is -4.12. The van der Waals surface area contributed by atoms with Crippen molar-refractivity contribution in [3.8, 4) is 0 Å². The Balaban J connectivity index is 1.37. The second kappa shape index (κ2) is 15.9. The molecule has 2 fully saturated rings. The summed E-state index contributed by atoms with van der Waals surface area (Å²) >= 11 is 0. The van der Waals surface area contributed by atoms with Crippen LogP contribution in [0.25, 0.3) is 0 Å². The summed E-state index contributed by atoms with van der Waals surface area (Å²) in [7, 11) is 0. The first kappa shape index (κ1) is 30.1. The predicted molar refractivity (Wildman–Crippen MR) is 113 cm³/mol. The van der Waals surface area contributed by atoms with Crippen LogP contribution in [0.5, 0.6) is 0 Å². The summed E-state index contributed by atoms with van der Waals surface area (Å²) in [5.74, 6) is -5.13. The molecule has 4 amide bonds. The summed E-state index contributed by atoms with van der Waals surface area (Å²) in [6.45, 7) is -0.707. The maximum Gasteiger partial charge on any atom is 0.534 e. The topological polar surface area (TPSA) is 208 Å². The Bertz CT molecular complexity index is 828. The van der Waals surface area contributed by atoms with Gasteiger partial charge in [-0.3, -0.25) is 28.8 Å². The van der Waals surface area contributed by atoms with Gasteiger partial charge in [0.1, 0.15) is 13.2 Å². The second-order valence-corrected chi connectivity index (χ2v) is 7.42. The lowest BCUT2D eigenvalue weighted by atomic mass is 10.3. The number of nitrogens with zero attached hydrogens (tertiary/aromatic N) is 2. The van der Waals surface area contributed by atoms with E-state index in [1.165, 1.54) is 0 Å². The summed E-state index contributed by atoms with van der Waals surface area (Å²) in [5, 5.41) is 0.672. The van der Waals surface area contributed by atoms with Crippen LogP contribution < -0.4 is 0 Å². The SMILES string of the molecule is O=C(CCC(=O)ON1C(=O)CCC1=O)OCCOCCOCCOC(=O)COC(=O)ON1C(=O)CCC1=O. The standard InChI is InChI=1S/C21H26N2O15/c24-14-1-2-15(25)22(14)37-19(29)6-5-18(28)34-11-9-32-7-8-33-10-12-35-20(30)13-36-21(31)38-23-16(26)3-4-17(23)27/h1-13H2. The first-order valence-corrected chi connectivity index (χ1v) is 11.4. The molecule has 0 aromatic rings. The number of hydrogen-bond donors (Lipinski definition) is 0. The van der Waals surface area contributed by atoms with Crippen LogP contribution in [0.2, 0.25) is 0 Å². The molecule has 0 aliphatic carbocycles. The zero-order valence-electron chi connectivity index (χ0n) is 20.2. The normalized spacial score (nSPS) is 15.1. The zero-order chi connectivity index (χ0) is 27.9. The monoisotopic (exact) mass is 546 g/mol. The summed E-state index contributed by atoms with van der Waals surface area (Å²) in [5.41, 5.74) is 0. The number of rotatable bonds is 16. The van der Waals surface area contributed by atoms with Crippen molar-refractivity contribution in [2.75, 3.05) is 46.2 Å². The van der Waals surface area contributed by atoms with Gasteiger partial charge in [0.2, 0.25) is 0 Å². The van der Waals surface area contributed by atoms with E-state index in [9.17, 15) is 38.4 Å². The molecule has 0 aromatic carbocycles. The number of hydroxylamine groups is 4. The van der Waals surface area contributed by atoms with Crippen LogP contribution in [0, 0.1) is 0 Å². The van der Waals surface area contributed by atoms with E-state index in [1.54, 1.807) is 0 Å². The van der Waals surface area contributed by atoms with Crippen LogP contribution in [0.15, 0.2) is 0 Å². The number of hydrogen-bond acceptors (Lipinski definition) is 15. The van der Waals surface area contributed by atoms with Crippen molar-refractivity contribution >= 4 is 47.7 Å². The minimum Gasteiger partial charge on any atom is -0.463 e. The molecule has 2 heterocycles. The third kappa shape index (κ3) is 10.9. The van der Waals surface area contributed by atoms with Crippen LogP contribution in [0.4, 0.5) is 4.79 Å². The minimum atomic E-state index is -1.40. The smallest absolute Gasteiger partial charge is 0.463 e. The summed E-state index contributed by atoms with van der Waals surface area (Å²) < 4.78 is 24.4. The first-order chi connectivity index (χ1) is 18.2. The second-order valence-electron chi connectivity index (χ2n) is 7.42. The molecule has 0 atom stereocenters. The largest absolute Gasteiger partial charge is 0.534 e. The van der Waals surface area contributed by atoms with E-state index in [2.05, 4.69) is 14.4 Å². The Morgan fingerprint density at radius 2 is 0.947 bits per heavy atom. The van der Waals surface area contributed by atoms with Crippen molar-refractivity contribution in [2.24, 2.45) is 0 Å². The summed E-state index contributed by atoms with van der Waals surface area (Å²) in [6.07, 6.45) is -2.30. The Morgan fingerprint density at radius 1 is 0.526 bits per heavy atom. The van der Waals surface area contributed by atoms with Gasteiger partial charge in [0, 0.05) is 25.7 Å². The lowest BCUT2D eigenvalue weighted by Crippen LogP contribution is -2.33. The fraction of sp³-hybridized carbons (Fsp3) is 0.619. The van der Waals surface area contributed by atoms with Crippen molar-refractivity contribution in [1.82, 2.24) is 10.1 Å². The Labute approximate surface area is 215 Å². The van der Waals surface area contributed by atoms with Crippen LogP contribution >= 0.6 is 0 Å². The van der Waals surface area contributed by atoms with Crippen molar-refractivity contribution < 1.29 is 71.7 Å². The van der Waals surface area contributed by atoms with Crippen molar-refractivity contribution in [2.45, 2.75) is 38.5 Å². The molecule has 2 saturated heterocycles. The molecule has 0 bridgehead atoms. The van der Waals surface area contributed by atoms with Crippen molar-refractivity contribution in [1.29, 1.82) is 0 Å². The van der Waals surface area contributed by atoms with Crippen LogP contribution in [-0.2, 0) is 66.9 Å². The van der Waals surface area contributed by atoms with E-state index in [-0.39, 0.29) is 83.2 Å². The Morgan fingerprint density at radius 3 is 1.47 bits per heavy atom. The van der Waals surface area contributed by atoms with Gasteiger partial charge in [-0.25, -0.2) is 14.4 Å². The Kier molecular flexibility index (Phi) is 12.6. The quantitative estimate of drug-likeness (QED) is 0.0955. The lowest BCUT2D eigenvalue weighted by molar-refractivity contribution is -0.197. The average molecular weight is 546 g/mol. The van der Waals surface area contributed by atoms with Crippen LogP contribution in [-0.4, -0.2) is 104 Å². The van der Waals surface area contributed by atoms with E-state index >= 15 is 0 Å². The van der Waals surface area contributed by atoms with Crippen molar-refractivity contribution in [3.05, 3.63) is 0 Å². The van der Waals surface area contributed by atoms with Crippen LogP contribution in [0.1, 0.15) is 38.5 Å². The molecule has 2 aliphatic heterocycles. The number of esters is 2. The molecule has 210 valence electrons. The first-order valence-electron chi connectivity index (χ1n) is 11.4. The number of carbonyl (C=O) groups excluding carboxylic acids is 8. The molecule has 38 heavy (non-hydrogen) atoms. The molecule has 2 aliphatic rings. The molecule has 17 nitrogen and oxygen atoms in total. The van der Waals surface area contributed by atoms with E-state index in [0.29, 0.717) is 5.06 Å². The molecule has 0 radical (unpaired) electrons. The van der Waals surface area contributed by atoms with Gasteiger partial charge >= 0.3 is 24.1 Å². The summed E-state index contributed by atoms with van der Waals surface area (Å²) in [4.78, 5) is 100. The molecule has 0 aromatic heterocycles. The molecular weight excluding hydrogens is 520 g/mol. The maximum absolute atomic E-state index is 11.6. The van der Waals surface area contributed by atoms with Gasteiger partial charge in [-0.1, -0.05) is 5.06 Å². The molecule has 0 unspecified atom stereocenters. The van der Waals surface area contributed by atoms with Gasteiger partial charge in [-0.2, -0.15) is 0 Å². The molecule has 0 N–H and O–H groups in total. The fourth-order valence-electron chi connectivity index (χ4n) is 2.75. The van der Waals surface area contributed by atoms with Crippen molar-refractivity contribution in [3.63, 3.8) is 0 Å². The number of imide groups is 2. The molecule has 2 rings (SSSR count). The van der Waals surface area contributed by atoms with Gasteiger partial charge in [0.05, 0.1) is 39.3 Å². The lowest BCUT2D eigenvalue weighted by Gasteiger charge is -2.12. The molecule has 0 spiro atoms. The van der Waals surface area contributed by atoms with E-state index in [0.717, 1.165) is 0 Å². The van der Waals surface area contributed by atoms with Crippen LogP contribution in [0.3, 0.4) is 0 Å². The van der Waals surface area contributed by atoms with Gasteiger partial charge in [-0.15, -0.1) is 5.06 Å². The van der Waals surface area contributed by atoms with E-state index in [4.69, 9.17) is 18.9 Å². The molecule has 17 heteroatoms. The van der Waals surface area contributed by atoms with E-state index in [1.807, 2.05) is 0 Å². The summed E-state index contributed by atoms with van der Waals surface area (Å²) in [6, 6.07) is 0. The van der Waals surface area contributed by atoms with Gasteiger partial charge in [-0.05, 0) is 0 Å². The molecule has 0 saturated carbocycles. The highest BCUT2D eigenvalue weighted by Crippen LogP contribution is 2.13. The van der Waals surface area contributed by atoms with E-state index < -0.39 is 54.3 Å². The minimum absolute atomic E-state index is 0.00996. The number of amides is 4. The average Bonchev–Trinajstić information content (AvgIpc) is 3.37. The third-order valence-electron chi connectivity index (χ3n) is 4.57. The van der Waals surface area contributed by atoms with Gasteiger partial charge < -0.3 is 28.5 Å². The highest BCUT2D eigenvalue weighted by atomic mass is 16.8. The third-order valence-corrected chi connectivity index (χ3v) is 4.57. The number of ether oxygens (including phenoxy) is 5. The zero-order valence-corrected chi connectivity index (χ0v) is 20.2. The van der Waals surface area contributed by atoms with Gasteiger partial charge in [0.15, 0.2) is 6.61 Å². The maximum atomic E-state index is 11.6. The molecular formula is C21H26N2O15. The highest BCUT2D eigenvalue weighted by Gasteiger charge is 2.34. The van der Waals surface area contributed by atoms with Gasteiger partial charge in [0.25, 0.3) is 23.6 Å². The number of carbonyl (C=O) groups is 8. The predicted octanol–water partition coefficient (Wildman–Crippen LogP) is -1.29. The highest BCUT2D eigenvalue weighted by molar-refractivity contribution is 6.02. The fourth-order valence-corrected chi connectivity index (χ4v) is 2.75.